The van der Waals surface area contributed by atoms with Crippen molar-refractivity contribution >= 4 is 45.0 Å². The first-order valence-electron chi connectivity index (χ1n) is 5.11. The molecule has 0 bridgehead atoms. The normalized spacial score (nSPS) is 18.9. The minimum absolute atomic E-state index is 0.0921. The Balaban J connectivity index is 2.07. The lowest BCUT2D eigenvalue weighted by atomic mass is 10.2. The molecule has 1 aromatic carbocycles. The molecule has 2 amide bonds. The second kappa shape index (κ2) is 5.06. The van der Waals surface area contributed by atoms with E-state index in [0.29, 0.717) is 23.6 Å². The lowest BCUT2D eigenvalue weighted by molar-refractivity contribution is -0.122. The van der Waals surface area contributed by atoms with E-state index < -0.39 is 6.04 Å². The highest BCUT2D eigenvalue weighted by atomic mass is 79.9. The number of rotatable bonds is 2. The van der Waals surface area contributed by atoms with E-state index in [2.05, 4.69) is 26.6 Å². The van der Waals surface area contributed by atoms with Gasteiger partial charge in [0.15, 0.2) is 0 Å². The molecule has 1 aromatic rings. The molecule has 0 aliphatic carbocycles. The smallest absolute Gasteiger partial charge is 0.247 e. The fourth-order valence-corrected chi connectivity index (χ4v) is 2.15. The van der Waals surface area contributed by atoms with Crippen LogP contribution in [0.2, 0.25) is 5.02 Å². The third-order valence-electron chi connectivity index (χ3n) is 2.50. The van der Waals surface area contributed by atoms with Gasteiger partial charge >= 0.3 is 0 Å². The molecule has 90 valence electrons. The Morgan fingerprint density at radius 3 is 2.94 bits per heavy atom. The van der Waals surface area contributed by atoms with Gasteiger partial charge in [0.1, 0.15) is 6.04 Å². The Morgan fingerprint density at radius 1 is 1.53 bits per heavy atom. The molecule has 6 heteroatoms. The zero-order chi connectivity index (χ0) is 12.4. The predicted octanol–water partition coefficient (Wildman–Crippen LogP) is 2.32. The van der Waals surface area contributed by atoms with Crippen molar-refractivity contribution in [3.63, 3.8) is 0 Å². The molecule has 1 aliphatic rings. The number of amides is 2. The summed E-state index contributed by atoms with van der Waals surface area (Å²) in [5.41, 5.74) is 0.534. The summed E-state index contributed by atoms with van der Waals surface area (Å²) >= 11 is 9.25. The molecule has 17 heavy (non-hydrogen) atoms. The van der Waals surface area contributed by atoms with E-state index in [4.69, 9.17) is 11.6 Å². The maximum atomic E-state index is 11.8. The third kappa shape index (κ3) is 2.98. The average molecular weight is 318 g/mol. The van der Waals surface area contributed by atoms with Crippen molar-refractivity contribution in [1.82, 2.24) is 5.32 Å². The monoisotopic (exact) mass is 316 g/mol. The third-order valence-corrected chi connectivity index (χ3v) is 3.32. The quantitative estimate of drug-likeness (QED) is 0.879. The minimum atomic E-state index is -0.461. The fraction of sp³-hybridized carbons (Fsp3) is 0.273. The van der Waals surface area contributed by atoms with Crippen LogP contribution in [-0.2, 0) is 9.59 Å². The van der Waals surface area contributed by atoms with Crippen molar-refractivity contribution in [3.05, 3.63) is 27.7 Å². The Morgan fingerprint density at radius 2 is 2.29 bits per heavy atom. The highest BCUT2D eigenvalue weighted by Crippen LogP contribution is 2.26. The standard InChI is InChI=1S/C11H10BrClN2O2/c12-6-1-2-7(13)9(5-6)15-11(17)8-3-4-10(16)14-8/h1-2,5,8H,3-4H2,(H,14,16)(H,15,17). The van der Waals surface area contributed by atoms with Crippen LogP contribution in [-0.4, -0.2) is 17.9 Å². The largest absolute Gasteiger partial charge is 0.344 e. The Labute approximate surface area is 112 Å². The van der Waals surface area contributed by atoms with Crippen molar-refractivity contribution < 1.29 is 9.59 Å². The van der Waals surface area contributed by atoms with Crippen molar-refractivity contribution in [2.75, 3.05) is 5.32 Å². The predicted molar refractivity (Wildman–Crippen MR) is 68.9 cm³/mol. The van der Waals surface area contributed by atoms with E-state index in [-0.39, 0.29) is 11.8 Å². The van der Waals surface area contributed by atoms with Crippen LogP contribution >= 0.6 is 27.5 Å². The summed E-state index contributed by atoms with van der Waals surface area (Å²) in [5.74, 6) is -0.332. The summed E-state index contributed by atoms with van der Waals surface area (Å²) in [6.07, 6.45) is 0.917. The molecule has 1 aliphatic heterocycles. The van der Waals surface area contributed by atoms with E-state index in [1.165, 1.54) is 0 Å². The van der Waals surface area contributed by atoms with Gasteiger partial charge in [0.05, 0.1) is 10.7 Å². The van der Waals surface area contributed by atoms with Crippen LogP contribution in [0, 0.1) is 0 Å². The zero-order valence-corrected chi connectivity index (χ0v) is 11.1. The second-order valence-corrected chi connectivity index (χ2v) is 5.10. The molecule has 0 saturated carbocycles. The molecule has 1 atom stereocenters. The number of hydrogen-bond donors (Lipinski definition) is 2. The highest BCUT2D eigenvalue weighted by Gasteiger charge is 2.27. The molecule has 1 fully saturated rings. The van der Waals surface area contributed by atoms with Crippen molar-refractivity contribution in [3.8, 4) is 0 Å². The van der Waals surface area contributed by atoms with Gasteiger partial charge in [-0.15, -0.1) is 0 Å². The van der Waals surface area contributed by atoms with E-state index in [9.17, 15) is 9.59 Å². The van der Waals surface area contributed by atoms with Gasteiger partial charge in [-0.3, -0.25) is 9.59 Å². The first kappa shape index (κ1) is 12.4. The van der Waals surface area contributed by atoms with Gasteiger partial charge in [-0.25, -0.2) is 0 Å². The van der Waals surface area contributed by atoms with Crippen molar-refractivity contribution in [2.24, 2.45) is 0 Å². The molecular formula is C11H10BrClN2O2. The van der Waals surface area contributed by atoms with Crippen molar-refractivity contribution in [1.29, 1.82) is 0 Å². The number of carbonyl (C=O) groups is 2. The van der Waals surface area contributed by atoms with E-state index in [0.717, 1.165) is 4.47 Å². The van der Waals surface area contributed by atoms with Crippen LogP contribution < -0.4 is 10.6 Å². The molecule has 0 spiro atoms. The number of halogens is 2. The summed E-state index contributed by atoms with van der Waals surface area (Å²) in [6.45, 7) is 0. The van der Waals surface area contributed by atoms with Crippen LogP contribution in [0.5, 0.6) is 0 Å². The van der Waals surface area contributed by atoms with E-state index in [1.54, 1.807) is 18.2 Å². The summed E-state index contributed by atoms with van der Waals surface area (Å²) in [5, 5.41) is 5.76. The van der Waals surface area contributed by atoms with Crippen LogP contribution in [0.1, 0.15) is 12.8 Å². The van der Waals surface area contributed by atoms with E-state index >= 15 is 0 Å². The van der Waals surface area contributed by atoms with Gasteiger partial charge in [0.2, 0.25) is 11.8 Å². The molecule has 1 saturated heterocycles. The molecule has 0 aromatic heterocycles. The summed E-state index contributed by atoms with van der Waals surface area (Å²) in [7, 11) is 0. The second-order valence-electron chi connectivity index (χ2n) is 3.77. The Hall–Kier alpha value is -1.07. The number of anilines is 1. The maximum absolute atomic E-state index is 11.8. The molecule has 1 unspecified atom stereocenters. The zero-order valence-electron chi connectivity index (χ0n) is 8.80. The SMILES string of the molecule is O=C1CCC(C(=O)Nc2cc(Br)ccc2Cl)N1. The average Bonchev–Trinajstić information content (AvgIpc) is 2.70. The van der Waals surface area contributed by atoms with Crippen LogP contribution in [0.4, 0.5) is 5.69 Å². The number of hydrogen-bond acceptors (Lipinski definition) is 2. The van der Waals surface area contributed by atoms with Gasteiger partial charge in [-0.1, -0.05) is 27.5 Å². The van der Waals surface area contributed by atoms with Crippen LogP contribution in [0.25, 0.3) is 0 Å². The number of benzene rings is 1. The number of nitrogens with one attached hydrogen (secondary N) is 2. The summed E-state index contributed by atoms with van der Waals surface area (Å²) < 4.78 is 0.827. The van der Waals surface area contributed by atoms with Gasteiger partial charge in [0.25, 0.3) is 0 Å². The minimum Gasteiger partial charge on any atom is -0.344 e. The van der Waals surface area contributed by atoms with Gasteiger partial charge in [-0.2, -0.15) is 0 Å². The Kier molecular flexibility index (Phi) is 3.69. The Bertz CT molecular complexity index is 479. The van der Waals surface area contributed by atoms with Crippen LogP contribution in [0.3, 0.4) is 0 Å². The van der Waals surface area contributed by atoms with Gasteiger partial charge in [-0.05, 0) is 24.6 Å². The lowest BCUT2D eigenvalue weighted by Crippen LogP contribution is -2.37. The van der Waals surface area contributed by atoms with Crippen LogP contribution in [0.15, 0.2) is 22.7 Å². The first-order valence-corrected chi connectivity index (χ1v) is 6.28. The fourth-order valence-electron chi connectivity index (χ4n) is 1.62. The van der Waals surface area contributed by atoms with E-state index in [1.807, 2.05) is 0 Å². The maximum Gasteiger partial charge on any atom is 0.247 e. The highest BCUT2D eigenvalue weighted by molar-refractivity contribution is 9.10. The first-order chi connectivity index (χ1) is 8.06. The van der Waals surface area contributed by atoms with Crippen molar-refractivity contribution in [2.45, 2.75) is 18.9 Å². The molecule has 2 rings (SSSR count). The summed E-state index contributed by atoms with van der Waals surface area (Å²) in [4.78, 5) is 22.8. The lowest BCUT2D eigenvalue weighted by Gasteiger charge is -2.12. The molecule has 2 N–H and O–H groups in total. The van der Waals surface area contributed by atoms with Gasteiger partial charge < -0.3 is 10.6 Å². The van der Waals surface area contributed by atoms with Gasteiger partial charge in [0, 0.05) is 10.9 Å². The molecule has 1 heterocycles. The summed E-state index contributed by atoms with van der Waals surface area (Å²) in [6, 6.07) is 4.73. The number of carbonyl (C=O) groups excluding carboxylic acids is 2. The molecule has 0 radical (unpaired) electrons. The molecular weight excluding hydrogens is 307 g/mol. The topological polar surface area (TPSA) is 58.2 Å². The molecule has 4 nitrogen and oxygen atoms in total.